The maximum absolute atomic E-state index is 12.6. The van der Waals surface area contributed by atoms with Gasteiger partial charge < -0.3 is 10.1 Å². The first-order chi connectivity index (χ1) is 15.5. The van der Waals surface area contributed by atoms with E-state index < -0.39 is 0 Å². The third-order valence-corrected chi connectivity index (χ3v) is 5.90. The monoisotopic (exact) mass is 430 g/mol. The standard InChI is InChI=1S/C28H34N2O2/c1-5-18-30(22(3)24-11-7-6-8-12-24)21(2)19-23-10-9-13-26(20-23)29-28(31)25-14-16-27(32-4)17-15-25/h6-17,20-22H,5,18-19H2,1-4H3,(H,29,31). The van der Waals surface area contributed by atoms with Crippen LogP contribution in [0.2, 0.25) is 0 Å². The first-order valence-corrected chi connectivity index (χ1v) is 11.4. The summed E-state index contributed by atoms with van der Waals surface area (Å²) in [5.74, 6) is 0.613. The number of carbonyl (C=O) groups excluding carboxylic acids is 1. The lowest BCUT2D eigenvalue weighted by Gasteiger charge is -2.35. The van der Waals surface area contributed by atoms with E-state index in [1.165, 1.54) is 11.1 Å². The minimum atomic E-state index is -0.122. The average molecular weight is 431 g/mol. The van der Waals surface area contributed by atoms with Crippen LogP contribution >= 0.6 is 0 Å². The number of amides is 1. The molecule has 32 heavy (non-hydrogen) atoms. The Morgan fingerprint density at radius 2 is 1.69 bits per heavy atom. The summed E-state index contributed by atoms with van der Waals surface area (Å²) in [6.45, 7) is 7.85. The summed E-state index contributed by atoms with van der Waals surface area (Å²) in [5, 5.41) is 3.02. The fraction of sp³-hybridized carbons (Fsp3) is 0.321. The van der Waals surface area contributed by atoms with E-state index in [4.69, 9.17) is 4.74 Å². The first-order valence-electron chi connectivity index (χ1n) is 11.4. The second-order valence-corrected chi connectivity index (χ2v) is 8.26. The fourth-order valence-electron chi connectivity index (χ4n) is 4.16. The summed E-state index contributed by atoms with van der Waals surface area (Å²) < 4.78 is 5.17. The molecule has 0 aliphatic rings. The number of nitrogens with zero attached hydrogens (tertiary/aromatic N) is 1. The van der Waals surface area contributed by atoms with Gasteiger partial charge >= 0.3 is 0 Å². The molecule has 3 rings (SSSR count). The van der Waals surface area contributed by atoms with Crippen LogP contribution in [0.3, 0.4) is 0 Å². The Bertz CT molecular complexity index is 986. The van der Waals surface area contributed by atoms with Crippen molar-refractivity contribution in [3.05, 3.63) is 95.6 Å². The van der Waals surface area contributed by atoms with Gasteiger partial charge in [-0.15, -0.1) is 0 Å². The van der Waals surface area contributed by atoms with E-state index in [0.29, 0.717) is 17.6 Å². The number of benzene rings is 3. The molecule has 0 saturated heterocycles. The van der Waals surface area contributed by atoms with Crippen LogP contribution < -0.4 is 10.1 Å². The molecule has 1 amide bonds. The molecule has 2 atom stereocenters. The predicted octanol–water partition coefficient (Wildman–Crippen LogP) is 6.35. The maximum atomic E-state index is 12.6. The van der Waals surface area contributed by atoms with Crippen molar-refractivity contribution < 1.29 is 9.53 Å². The molecule has 0 heterocycles. The van der Waals surface area contributed by atoms with Crippen LogP contribution in [0.25, 0.3) is 0 Å². The lowest BCUT2D eigenvalue weighted by molar-refractivity contribution is 0.102. The quantitative estimate of drug-likeness (QED) is 0.407. The molecule has 0 spiro atoms. The number of hydrogen-bond donors (Lipinski definition) is 1. The van der Waals surface area contributed by atoms with E-state index in [0.717, 1.165) is 30.8 Å². The molecule has 0 radical (unpaired) electrons. The van der Waals surface area contributed by atoms with Crippen molar-refractivity contribution in [1.29, 1.82) is 0 Å². The van der Waals surface area contributed by atoms with Gasteiger partial charge in [0.15, 0.2) is 0 Å². The molecular formula is C28H34N2O2. The molecule has 4 heteroatoms. The molecular weight excluding hydrogens is 396 g/mol. The highest BCUT2D eigenvalue weighted by atomic mass is 16.5. The zero-order valence-electron chi connectivity index (χ0n) is 19.5. The van der Waals surface area contributed by atoms with E-state index in [1.54, 1.807) is 31.4 Å². The van der Waals surface area contributed by atoms with Crippen molar-refractivity contribution in [2.24, 2.45) is 0 Å². The van der Waals surface area contributed by atoms with Gasteiger partial charge in [0, 0.05) is 23.3 Å². The largest absolute Gasteiger partial charge is 0.497 e. The molecule has 4 nitrogen and oxygen atoms in total. The van der Waals surface area contributed by atoms with Crippen LogP contribution in [-0.2, 0) is 6.42 Å². The Kier molecular flexibility index (Phi) is 8.46. The SMILES string of the molecule is CCCN(C(C)Cc1cccc(NC(=O)c2ccc(OC)cc2)c1)C(C)c1ccccc1. The van der Waals surface area contributed by atoms with Gasteiger partial charge in [0.1, 0.15) is 5.75 Å². The molecule has 168 valence electrons. The topological polar surface area (TPSA) is 41.6 Å². The van der Waals surface area contributed by atoms with E-state index in [2.05, 4.69) is 73.5 Å². The van der Waals surface area contributed by atoms with Gasteiger partial charge in [-0.1, -0.05) is 49.4 Å². The van der Waals surface area contributed by atoms with Gasteiger partial charge in [0.25, 0.3) is 5.91 Å². The number of hydrogen-bond acceptors (Lipinski definition) is 3. The van der Waals surface area contributed by atoms with Gasteiger partial charge in [0.05, 0.1) is 7.11 Å². The maximum Gasteiger partial charge on any atom is 0.255 e. The third kappa shape index (κ3) is 6.21. The zero-order chi connectivity index (χ0) is 22.9. The Balaban J connectivity index is 1.68. The summed E-state index contributed by atoms with van der Waals surface area (Å²) in [6.07, 6.45) is 2.03. The van der Waals surface area contributed by atoms with Crippen molar-refractivity contribution in [1.82, 2.24) is 4.90 Å². The molecule has 0 saturated carbocycles. The summed E-state index contributed by atoms with van der Waals surface area (Å²) in [7, 11) is 1.61. The second kappa shape index (κ2) is 11.5. The lowest BCUT2D eigenvalue weighted by Crippen LogP contribution is -2.37. The van der Waals surface area contributed by atoms with Crippen LogP contribution in [0, 0.1) is 0 Å². The average Bonchev–Trinajstić information content (AvgIpc) is 2.83. The highest BCUT2D eigenvalue weighted by Gasteiger charge is 2.21. The van der Waals surface area contributed by atoms with Crippen LogP contribution in [0.4, 0.5) is 5.69 Å². The van der Waals surface area contributed by atoms with Gasteiger partial charge in [-0.3, -0.25) is 9.69 Å². The number of methoxy groups -OCH3 is 1. The number of carbonyl (C=O) groups is 1. The van der Waals surface area contributed by atoms with Crippen LogP contribution in [0.15, 0.2) is 78.9 Å². The van der Waals surface area contributed by atoms with Gasteiger partial charge in [-0.2, -0.15) is 0 Å². The molecule has 3 aromatic rings. The van der Waals surface area contributed by atoms with E-state index in [1.807, 2.05) is 12.1 Å². The minimum absolute atomic E-state index is 0.122. The normalized spacial score (nSPS) is 12.9. The number of ether oxygens (including phenoxy) is 1. The van der Waals surface area contributed by atoms with Crippen LogP contribution in [0.5, 0.6) is 5.75 Å². The van der Waals surface area contributed by atoms with Crippen LogP contribution in [-0.4, -0.2) is 30.5 Å². The highest BCUT2D eigenvalue weighted by Crippen LogP contribution is 2.25. The smallest absolute Gasteiger partial charge is 0.255 e. The van der Waals surface area contributed by atoms with Gasteiger partial charge in [-0.25, -0.2) is 0 Å². The molecule has 1 N–H and O–H groups in total. The molecule has 0 aliphatic heterocycles. The van der Waals surface area contributed by atoms with Crippen molar-refractivity contribution in [2.45, 2.75) is 45.7 Å². The Morgan fingerprint density at radius 1 is 0.969 bits per heavy atom. The first kappa shape index (κ1) is 23.6. The molecule has 0 aromatic heterocycles. The van der Waals surface area contributed by atoms with Crippen molar-refractivity contribution in [3.63, 3.8) is 0 Å². The minimum Gasteiger partial charge on any atom is -0.497 e. The van der Waals surface area contributed by atoms with E-state index >= 15 is 0 Å². The summed E-state index contributed by atoms with van der Waals surface area (Å²) >= 11 is 0. The summed E-state index contributed by atoms with van der Waals surface area (Å²) in [6, 6.07) is 26.7. The lowest BCUT2D eigenvalue weighted by atomic mass is 10.0. The van der Waals surface area contributed by atoms with Gasteiger partial charge in [0.2, 0.25) is 0 Å². The Hall–Kier alpha value is -3.11. The third-order valence-electron chi connectivity index (χ3n) is 5.90. The van der Waals surface area contributed by atoms with E-state index in [-0.39, 0.29) is 5.91 Å². The number of anilines is 1. The molecule has 0 aliphatic carbocycles. The summed E-state index contributed by atoms with van der Waals surface area (Å²) in [5.41, 5.74) is 3.98. The zero-order valence-corrected chi connectivity index (χ0v) is 19.5. The predicted molar refractivity (Wildman–Crippen MR) is 132 cm³/mol. The van der Waals surface area contributed by atoms with Crippen molar-refractivity contribution >= 4 is 11.6 Å². The number of nitrogens with one attached hydrogen (secondary N) is 1. The summed E-state index contributed by atoms with van der Waals surface area (Å²) in [4.78, 5) is 15.2. The van der Waals surface area contributed by atoms with Crippen molar-refractivity contribution in [3.8, 4) is 5.75 Å². The van der Waals surface area contributed by atoms with E-state index in [9.17, 15) is 4.79 Å². The molecule has 3 aromatic carbocycles. The fourth-order valence-corrected chi connectivity index (χ4v) is 4.16. The highest BCUT2D eigenvalue weighted by molar-refractivity contribution is 6.04. The second-order valence-electron chi connectivity index (χ2n) is 8.26. The Morgan fingerprint density at radius 3 is 2.34 bits per heavy atom. The van der Waals surface area contributed by atoms with Crippen LogP contribution in [0.1, 0.15) is 54.7 Å². The molecule has 0 bridgehead atoms. The van der Waals surface area contributed by atoms with Gasteiger partial charge in [-0.05, 0) is 80.8 Å². The molecule has 2 unspecified atom stereocenters. The Labute approximate surface area is 192 Å². The van der Waals surface area contributed by atoms with Crippen molar-refractivity contribution in [2.75, 3.05) is 19.0 Å². The molecule has 0 fully saturated rings. The number of rotatable bonds is 10.